The minimum Gasteiger partial charge on any atom is -0.358 e. The zero-order valence-corrected chi connectivity index (χ0v) is 20.3. The van der Waals surface area contributed by atoms with Gasteiger partial charge in [0.25, 0.3) is 0 Å². The molecule has 0 aromatic heterocycles. The number of likely N-dealkylation sites (N-methyl/N-ethyl adjacent to an activating group) is 1. The molecule has 5 nitrogen and oxygen atoms in total. The van der Waals surface area contributed by atoms with Crippen LogP contribution in [-0.2, 0) is 14.6 Å². The van der Waals surface area contributed by atoms with E-state index in [1.54, 1.807) is 16.8 Å². The van der Waals surface area contributed by atoms with Gasteiger partial charge in [-0.25, -0.2) is 8.42 Å². The number of benzene rings is 2. The monoisotopic (exact) mass is 476 g/mol. The molecule has 0 spiro atoms. The Balaban J connectivity index is 2.02. The van der Waals surface area contributed by atoms with Crippen molar-refractivity contribution < 1.29 is 13.2 Å². The first kappa shape index (κ1) is 25.1. The van der Waals surface area contributed by atoms with Gasteiger partial charge in [0.15, 0.2) is 15.6 Å². The van der Waals surface area contributed by atoms with Crippen LogP contribution in [0.3, 0.4) is 0 Å². The van der Waals surface area contributed by atoms with Crippen LogP contribution in [0.2, 0.25) is 0 Å². The van der Waals surface area contributed by atoms with Gasteiger partial charge in [0.2, 0.25) is 0 Å². The highest BCUT2D eigenvalue weighted by atomic mass is 32.2. The molecule has 0 atom stereocenters. The first-order valence-corrected chi connectivity index (χ1v) is 12.7. The average Bonchev–Trinajstić information content (AvgIpc) is 2.76. The Morgan fingerprint density at radius 3 is 1.94 bits per heavy atom. The van der Waals surface area contributed by atoms with Crippen LogP contribution in [0, 0.1) is 0 Å². The maximum absolute atomic E-state index is 12.8. The van der Waals surface area contributed by atoms with Crippen LogP contribution in [0.4, 0.5) is 0 Å². The van der Waals surface area contributed by atoms with E-state index in [0.717, 1.165) is 24.0 Å². The summed E-state index contributed by atoms with van der Waals surface area (Å²) >= 11 is 11.0. The van der Waals surface area contributed by atoms with Gasteiger partial charge in [-0.3, -0.25) is 4.79 Å². The molecule has 166 valence electrons. The predicted molar refractivity (Wildman–Crippen MR) is 134 cm³/mol. The quantitative estimate of drug-likeness (QED) is 0.458. The number of ketones is 1. The van der Waals surface area contributed by atoms with E-state index in [4.69, 9.17) is 24.4 Å². The summed E-state index contributed by atoms with van der Waals surface area (Å²) in [4.78, 5) is 16.8. The number of sulfone groups is 1. The third kappa shape index (κ3) is 8.12. The summed E-state index contributed by atoms with van der Waals surface area (Å²) < 4.78 is 25.6. The molecule has 0 saturated carbocycles. The number of hydrogen-bond donors (Lipinski definition) is 0. The van der Waals surface area contributed by atoms with Gasteiger partial charge in [-0.1, -0.05) is 98.4 Å². The molecule has 0 aliphatic carbocycles. The molecule has 2 aromatic carbocycles. The molecule has 0 aliphatic rings. The van der Waals surface area contributed by atoms with E-state index in [1.807, 2.05) is 67.6 Å². The first-order valence-electron chi connectivity index (χ1n) is 10.1. The second-order valence-corrected chi connectivity index (χ2v) is 10.2. The number of Topliss-reactive ketones (excluding diaryl/α,β-unsaturated/α-hetero) is 1. The van der Waals surface area contributed by atoms with Crippen molar-refractivity contribution in [2.24, 2.45) is 0 Å². The fourth-order valence-corrected chi connectivity index (χ4v) is 5.03. The number of unbranched alkanes of at least 4 members (excludes halogenated alkanes) is 1. The SMILES string of the molecule is CCCCN(CS(=O)(=O)CC(=O)CN(C)C(=S)c1ccccc1)C(=S)c1ccccc1. The van der Waals surface area contributed by atoms with E-state index < -0.39 is 21.4 Å². The molecule has 2 aromatic rings. The predicted octanol–water partition coefficient (Wildman–Crippen LogP) is 3.71. The smallest absolute Gasteiger partial charge is 0.175 e. The van der Waals surface area contributed by atoms with Gasteiger partial charge >= 0.3 is 0 Å². The Bertz CT molecular complexity index is 993. The molecule has 0 fully saturated rings. The Labute approximate surface area is 196 Å². The maximum Gasteiger partial charge on any atom is 0.175 e. The van der Waals surface area contributed by atoms with Crippen molar-refractivity contribution in [2.45, 2.75) is 19.8 Å². The minimum atomic E-state index is -3.68. The summed E-state index contributed by atoms with van der Waals surface area (Å²) in [6, 6.07) is 18.7. The van der Waals surface area contributed by atoms with Crippen LogP contribution in [-0.4, -0.2) is 65.7 Å². The van der Waals surface area contributed by atoms with Crippen molar-refractivity contribution >= 4 is 50.0 Å². The lowest BCUT2D eigenvalue weighted by atomic mass is 10.2. The second-order valence-electron chi connectivity index (χ2n) is 7.37. The van der Waals surface area contributed by atoms with E-state index in [0.29, 0.717) is 16.5 Å². The van der Waals surface area contributed by atoms with Crippen LogP contribution in [0.1, 0.15) is 30.9 Å². The lowest BCUT2D eigenvalue weighted by Gasteiger charge is -2.25. The van der Waals surface area contributed by atoms with Crippen LogP contribution in [0.25, 0.3) is 0 Å². The highest BCUT2D eigenvalue weighted by Gasteiger charge is 2.24. The van der Waals surface area contributed by atoms with E-state index in [2.05, 4.69) is 0 Å². The fourth-order valence-electron chi connectivity index (χ4n) is 3.05. The van der Waals surface area contributed by atoms with Gasteiger partial charge in [-0.15, -0.1) is 0 Å². The minimum absolute atomic E-state index is 0.0644. The first-order chi connectivity index (χ1) is 14.7. The lowest BCUT2D eigenvalue weighted by molar-refractivity contribution is -0.116. The third-order valence-electron chi connectivity index (χ3n) is 4.60. The molecule has 0 saturated heterocycles. The molecule has 31 heavy (non-hydrogen) atoms. The Morgan fingerprint density at radius 1 is 0.903 bits per heavy atom. The van der Waals surface area contributed by atoms with Crippen molar-refractivity contribution in [3.63, 3.8) is 0 Å². The highest BCUT2D eigenvalue weighted by Crippen LogP contribution is 2.11. The Kier molecular flexibility index (Phi) is 9.74. The summed E-state index contributed by atoms with van der Waals surface area (Å²) in [5.41, 5.74) is 1.61. The number of thiocarbonyl (C=S) groups is 2. The highest BCUT2D eigenvalue weighted by molar-refractivity contribution is 7.92. The van der Waals surface area contributed by atoms with E-state index >= 15 is 0 Å². The molecular weight excluding hydrogens is 448 g/mol. The summed E-state index contributed by atoms with van der Waals surface area (Å²) in [7, 11) is -1.99. The Hall–Kier alpha value is -2.16. The van der Waals surface area contributed by atoms with Crippen LogP contribution in [0.15, 0.2) is 60.7 Å². The summed E-state index contributed by atoms with van der Waals surface area (Å²) in [5, 5.41) is 0. The van der Waals surface area contributed by atoms with Gasteiger partial charge < -0.3 is 9.80 Å². The van der Waals surface area contributed by atoms with Gasteiger partial charge in [0.05, 0.1) is 6.54 Å². The molecule has 0 aliphatic heterocycles. The molecular formula is C23H28N2O3S3. The molecule has 8 heteroatoms. The van der Waals surface area contributed by atoms with Gasteiger partial charge in [0, 0.05) is 24.7 Å². The molecule has 0 amide bonds. The molecule has 0 bridgehead atoms. The zero-order chi connectivity index (χ0) is 22.9. The largest absolute Gasteiger partial charge is 0.358 e. The van der Waals surface area contributed by atoms with Crippen molar-refractivity contribution in [3.05, 3.63) is 71.8 Å². The van der Waals surface area contributed by atoms with Crippen LogP contribution >= 0.6 is 24.4 Å². The fraction of sp³-hybridized carbons (Fsp3) is 0.348. The number of rotatable bonds is 11. The third-order valence-corrected chi connectivity index (χ3v) is 7.11. The molecule has 2 rings (SSSR count). The van der Waals surface area contributed by atoms with E-state index in [1.165, 1.54) is 0 Å². The summed E-state index contributed by atoms with van der Waals surface area (Å²) in [6.07, 6.45) is 1.72. The zero-order valence-electron chi connectivity index (χ0n) is 17.9. The number of carbonyl (C=O) groups is 1. The van der Waals surface area contributed by atoms with E-state index in [9.17, 15) is 13.2 Å². The second kappa shape index (κ2) is 12.0. The number of hydrogen-bond acceptors (Lipinski definition) is 5. The van der Waals surface area contributed by atoms with Crippen molar-refractivity contribution in [2.75, 3.05) is 31.8 Å². The number of carbonyl (C=O) groups excluding carboxylic acids is 1. The van der Waals surface area contributed by atoms with Gasteiger partial charge in [-0.05, 0) is 6.42 Å². The topological polar surface area (TPSA) is 57.7 Å². The standard InChI is InChI=1S/C23H28N2O3S3/c1-3-4-15-25(23(30)20-13-9-6-10-14-20)18-31(27,28)17-21(26)16-24(2)22(29)19-11-7-5-8-12-19/h5-14H,3-4,15-18H2,1-2H3. The van der Waals surface area contributed by atoms with Crippen LogP contribution in [0.5, 0.6) is 0 Å². The molecule has 0 N–H and O–H groups in total. The molecule has 0 heterocycles. The van der Waals surface area contributed by atoms with Gasteiger partial charge in [-0.2, -0.15) is 0 Å². The normalized spacial score (nSPS) is 11.0. The van der Waals surface area contributed by atoms with Crippen LogP contribution < -0.4 is 0 Å². The molecule has 0 unspecified atom stereocenters. The lowest BCUT2D eigenvalue weighted by Crippen LogP contribution is -2.39. The maximum atomic E-state index is 12.8. The number of nitrogens with zero attached hydrogens (tertiary/aromatic N) is 2. The van der Waals surface area contributed by atoms with Gasteiger partial charge in [0.1, 0.15) is 21.6 Å². The Morgan fingerprint density at radius 2 is 1.42 bits per heavy atom. The van der Waals surface area contributed by atoms with E-state index in [-0.39, 0.29) is 12.4 Å². The molecule has 0 radical (unpaired) electrons. The average molecular weight is 477 g/mol. The summed E-state index contributed by atoms with van der Waals surface area (Å²) in [6.45, 7) is 2.49. The summed E-state index contributed by atoms with van der Waals surface area (Å²) in [5.74, 6) is -1.23. The van der Waals surface area contributed by atoms with Crippen molar-refractivity contribution in [3.8, 4) is 0 Å². The van der Waals surface area contributed by atoms with Crippen molar-refractivity contribution in [1.82, 2.24) is 9.80 Å². The van der Waals surface area contributed by atoms with Crippen molar-refractivity contribution in [1.29, 1.82) is 0 Å².